The average molecular weight is 436 g/mol. The molecule has 1 aromatic rings. The van der Waals surface area contributed by atoms with Crippen molar-refractivity contribution in [1.29, 1.82) is 0 Å². The highest BCUT2D eigenvalue weighted by Gasteiger charge is 2.19. The molecule has 176 valence electrons. The molecule has 7 N–H and O–H groups in total. The molecule has 0 bridgehead atoms. The summed E-state index contributed by atoms with van der Waals surface area (Å²) in [6.45, 7) is 3.07. The first-order valence-electron chi connectivity index (χ1n) is 11.3. The highest BCUT2D eigenvalue weighted by Crippen LogP contribution is 2.26. The van der Waals surface area contributed by atoms with Crippen LogP contribution in [-0.2, 0) is 6.42 Å². The quantitative estimate of drug-likeness (QED) is 0.275. The van der Waals surface area contributed by atoms with Crippen molar-refractivity contribution in [3.8, 4) is 5.75 Å². The van der Waals surface area contributed by atoms with Gasteiger partial charge in [-0.3, -0.25) is 9.59 Å². The summed E-state index contributed by atoms with van der Waals surface area (Å²) in [7, 11) is 3.90. The van der Waals surface area contributed by atoms with E-state index in [-0.39, 0.29) is 11.5 Å². The molecule has 0 spiro atoms. The molecule has 0 atom stereocenters. The van der Waals surface area contributed by atoms with Crippen LogP contribution in [0.4, 0.5) is 0 Å². The third-order valence-corrected chi connectivity index (χ3v) is 5.07. The van der Waals surface area contributed by atoms with E-state index in [0.717, 1.165) is 63.5 Å². The Morgan fingerprint density at radius 1 is 0.935 bits per heavy atom. The second-order valence-corrected chi connectivity index (χ2v) is 8.08. The Morgan fingerprint density at radius 2 is 1.58 bits per heavy atom. The SMILES string of the molecule is CN(C)CCNC(=O)c1cc(C(N)=O)c(OCCCCCN)cc1CCCCCCN. The van der Waals surface area contributed by atoms with Crippen LogP contribution in [0.1, 0.15) is 71.2 Å². The predicted octanol–water partition coefficient (Wildman–Crippen LogP) is 1.65. The smallest absolute Gasteiger partial charge is 0.252 e. The van der Waals surface area contributed by atoms with Crippen molar-refractivity contribution in [2.75, 3.05) is 46.9 Å². The van der Waals surface area contributed by atoms with Crippen LogP contribution in [0.5, 0.6) is 5.75 Å². The molecule has 0 aliphatic rings. The van der Waals surface area contributed by atoms with Crippen LogP contribution in [0.15, 0.2) is 12.1 Å². The van der Waals surface area contributed by atoms with Gasteiger partial charge in [0.25, 0.3) is 11.8 Å². The van der Waals surface area contributed by atoms with E-state index in [1.165, 1.54) is 0 Å². The molecule has 1 aromatic carbocycles. The number of nitrogens with zero attached hydrogens (tertiary/aromatic N) is 1. The Kier molecular flexibility index (Phi) is 13.5. The molecule has 1 rings (SSSR count). The molecule has 0 aliphatic heterocycles. The van der Waals surface area contributed by atoms with E-state index in [0.29, 0.717) is 37.6 Å². The number of primary amides is 1. The first kappa shape index (κ1) is 26.9. The van der Waals surface area contributed by atoms with E-state index in [1.54, 1.807) is 6.07 Å². The van der Waals surface area contributed by atoms with Gasteiger partial charge in [0.2, 0.25) is 0 Å². The summed E-state index contributed by atoms with van der Waals surface area (Å²) < 4.78 is 5.88. The van der Waals surface area contributed by atoms with Crippen LogP contribution in [-0.4, -0.2) is 63.6 Å². The molecule has 8 heteroatoms. The van der Waals surface area contributed by atoms with Crippen LogP contribution in [0.25, 0.3) is 0 Å². The first-order chi connectivity index (χ1) is 14.9. The lowest BCUT2D eigenvalue weighted by Crippen LogP contribution is -2.32. The summed E-state index contributed by atoms with van der Waals surface area (Å²) in [5, 5.41) is 2.93. The van der Waals surface area contributed by atoms with Crippen LogP contribution < -0.4 is 27.3 Å². The number of hydrogen-bond acceptors (Lipinski definition) is 6. The van der Waals surface area contributed by atoms with Gasteiger partial charge < -0.3 is 32.2 Å². The number of unbranched alkanes of at least 4 members (excludes halogenated alkanes) is 5. The summed E-state index contributed by atoms with van der Waals surface area (Å²) >= 11 is 0. The second-order valence-electron chi connectivity index (χ2n) is 8.08. The van der Waals surface area contributed by atoms with Gasteiger partial charge in [0.15, 0.2) is 0 Å². The van der Waals surface area contributed by atoms with E-state index in [4.69, 9.17) is 21.9 Å². The predicted molar refractivity (Wildman–Crippen MR) is 125 cm³/mol. The van der Waals surface area contributed by atoms with Crippen LogP contribution >= 0.6 is 0 Å². The monoisotopic (exact) mass is 435 g/mol. The first-order valence-corrected chi connectivity index (χ1v) is 11.3. The summed E-state index contributed by atoms with van der Waals surface area (Å²) in [4.78, 5) is 26.9. The maximum atomic E-state index is 12.8. The zero-order valence-corrected chi connectivity index (χ0v) is 19.3. The zero-order valence-electron chi connectivity index (χ0n) is 19.3. The fourth-order valence-corrected chi connectivity index (χ4v) is 3.26. The van der Waals surface area contributed by atoms with Gasteiger partial charge in [-0.25, -0.2) is 0 Å². The van der Waals surface area contributed by atoms with E-state index < -0.39 is 5.91 Å². The molecule has 0 fully saturated rings. The van der Waals surface area contributed by atoms with Crippen molar-refractivity contribution < 1.29 is 14.3 Å². The number of benzene rings is 1. The van der Waals surface area contributed by atoms with Gasteiger partial charge in [0.1, 0.15) is 5.75 Å². The van der Waals surface area contributed by atoms with Crippen molar-refractivity contribution in [3.05, 3.63) is 28.8 Å². The lowest BCUT2D eigenvalue weighted by atomic mass is 9.96. The number of hydrogen-bond donors (Lipinski definition) is 4. The topological polar surface area (TPSA) is 137 Å². The Morgan fingerprint density at radius 3 is 2.19 bits per heavy atom. The van der Waals surface area contributed by atoms with Crippen molar-refractivity contribution in [2.45, 2.75) is 51.4 Å². The summed E-state index contributed by atoms with van der Waals surface area (Å²) in [5.41, 5.74) is 18.3. The molecule has 0 aromatic heterocycles. The highest BCUT2D eigenvalue weighted by molar-refractivity contribution is 6.01. The minimum absolute atomic E-state index is 0.198. The Hall–Kier alpha value is -2.16. The minimum atomic E-state index is -0.603. The Bertz CT molecular complexity index is 679. The fourth-order valence-electron chi connectivity index (χ4n) is 3.26. The minimum Gasteiger partial charge on any atom is -0.493 e. The molecule has 8 nitrogen and oxygen atoms in total. The van der Waals surface area contributed by atoms with Gasteiger partial charge >= 0.3 is 0 Å². The standard InChI is InChI=1S/C23H41N5O3/c1-28(2)14-13-27-23(30)19-17-20(22(26)29)21(31-15-9-5-8-12-25)16-18(19)10-6-3-4-7-11-24/h16-17H,3-15,24-25H2,1-2H3,(H2,26,29)(H,27,30). The van der Waals surface area contributed by atoms with Crippen LogP contribution in [0.3, 0.4) is 0 Å². The number of ether oxygens (including phenoxy) is 1. The number of rotatable bonds is 17. The van der Waals surface area contributed by atoms with Gasteiger partial charge in [-0.05, 0) is 83.4 Å². The number of amides is 2. The maximum absolute atomic E-state index is 12.8. The molecular formula is C23H41N5O3. The van der Waals surface area contributed by atoms with Gasteiger partial charge in [-0.1, -0.05) is 12.8 Å². The number of carbonyl (C=O) groups is 2. The number of nitrogens with two attached hydrogens (primary N) is 3. The molecule has 0 unspecified atom stereocenters. The Labute approximate surface area is 186 Å². The van der Waals surface area contributed by atoms with E-state index in [2.05, 4.69) is 5.32 Å². The number of likely N-dealkylation sites (N-methyl/N-ethyl adjacent to an activating group) is 1. The Balaban J connectivity index is 3.02. The fraction of sp³-hybridized carbons (Fsp3) is 0.652. The number of nitrogens with one attached hydrogen (secondary N) is 1. The third kappa shape index (κ3) is 10.6. The lowest BCUT2D eigenvalue weighted by molar-refractivity contribution is 0.0950. The van der Waals surface area contributed by atoms with Gasteiger partial charge in [-0.2, -0.15) is 0 Å². The number of aryl methyl sites for hydroxylation is 1. The summed E-state index contributed by atoms with van der Waals surface area (Å²) in [6, 6.07) is 3.39. The molecule has 31 heavy (non-hydrogen) atoms. The number of carbonyl (C=O) groups excluding carboxylic acids is 2. The average Bonchev–Trinajstić information content (AvgIpc) is 2.72. The molecule has 0 saturated carbocycles. The maximum Gasteiger partial charge on any atom is 0.252 e. The van der Waals surface area contributed by atoms with Gasteiger partial charge in [-0.15, -0.1) is 0 Å². The molecular weight excluding hydrogens is 394 g/mol. The van der Waals surface area contributed by atoms with Crippen LogP contribution in [0, 0.1) is 0 Å². The van der Waals surface area contributed by atoms with Crippen molar-refractivity contribution in [3.63, 3.8) is 0 Å². The molecule has 0 saturated heterocycles. The van der Waals surface area contributed by atoms with Crippen molar-refractivity contribution >= 4 is 11.8 Å². The largest absolute Gasteiger partial charge is 0.493 e. The molecule has 0 radical (unpaired) electrons. The van der Waals surface area contributed by atoms with E-state index in [1.807, 2.05) is 25.1 Å². The van der Waals surface area contributed by atoms with Gasteiger partial charge in [0, 0.05) is 18.7 Å². The van der Waals surface area contributed by atoms with E-state index >= 15 is 0 Å². The normalized spacial score (nSPS) is 11.0. The third-order valence-electron chi connectivity index (χ3n) is 5.07. The molecule has 2 amide bonds. The lowest BCUT2D eigenvalue weighted by Gasteiger charge is -2.17. The molecule has 0 aliphatic carbocycles. The van der Waals surface area contributed by atoms with Crippen LogP contribution in [0.2, 0.25) is 0 Å². The summed E-state index contributed by atoms with van der Waals surface area (Å²) in [6.07, 6.45) is 7.49. The zero-order chi connectivity index (χ0) is 23.1. The van der Waals surface area contributed by atoms with Crippen molar-refractivity contribution in [1.82, 2.24) is 10.2 Å². The van der Waals surface area contributed by atoms with E-state index in [9.17, 15) is 9.59 Å². The molecule has 0 heterocycles. The second kappa shape index (κ2) is 15.6. The van der Waals surface area contributed by atoms with Gasteiger partial charge in [0.05, 0.1) is 12.2 Å². The highest BCUT2D eigenvalue weighted by atomic mass is 16.5. The van der Waals surface area contributed by atoms with Crippen molar-refractivity contribution in [2.24, 2.45) is 17.2 Å². The summed E-state index contributed by atoms with van der Waals surface area (Å²) in [5.74, 6) is -0.355.